The number of carboxylic acid groups (broad SMARTS) is 1. The minimum absolute atomic E-state index is 0.283. The van der Waals surface area contributed by atoms with Gasteiger partial charge in [-0.15, -0.1) is 0 Å². The average molecular weight is 217 g/mol. The van der Waals surface area contributed by atoms with Gasteiger partial charge in [-0.05, 0) is 38.5 Å². The van der Waals surface area contributed by atoms with Crippen molar-refractivity contribution in [2.45, 2.75) is 43.4 Å². The molecule has 1 aliphatic rings. The first-order valence-electron chi connectivity index (χ1n) is 5.20. The van der Waals surface area contributed by atoms with Gasteiger partial charge in [0.05, 0.1) is 0 Å². The third kappa shape index (κ3) is 4.33. The van der Waals surface area contributed by atoms with Crippen LogP contribution >= 0.6 is 11.8 Å². The Bertz CT molecular complexity index is 187. The normalized spacial score (nSPS) is 26.6. The van der Waals surface area contributed by atoms with E-state index in [4.69, 9.17) is 5.11 Å². The fourth-order valence-electron chi connectivity index (χ4n) is 1.89. The van der Waals surface area contributed by atoms with Crippen LogP contribution in [0.5, 0.6) is 0 Å². The van der Waals surface area contributed by atoms with Crippen LogP contribution in [0.2, 0.25) is 0 Å². The van der Waals surface area contributed by atoms with Crippen molar-refractivity contribution in [2.24, 2.45) is 0 Å². The Morgan fingerprint density at radius 2 is 2.36 bits per heavy atom. The maximum absolute atomic E-state index is 10.3. The molecule has 0 heterocycles. The largest absolute Gasteiger partial charge is 0.481 e. The van der Waals surface area contributed by atoms with Crippen molar-refractivity contribution in [3.05, 3.63) is 0 Å². The standard InChI is InChI=1S/C10H19NO2S/c1-14-9-5-4-8(7-9)11-6-2-3-10(12)13/h8-9,11H,2-7H2,1H3,(H,12,13). The van der Waals surface area contributed by atoms with E-state index >= 15 is 0 Å². The van der Waals surface area contributed by atoms with Gasteiger partial charge in [0.1, 0.15) is 0 Å². The molecule has 1 aliphatic carbocycles. The van der Waals surface area contributed by atoms with E-state index in [9.17, 15) is 4.79 Å². The summed E-state index contributed by atoms with van der Waals surface area (Å²) in [6.07, 6.45) is 6.99. The summed E-state index contributed by atoms with van der Waals surface area (Å²) in [6, 6.07) is 0.626. The Morgan fingerprint density at radius 1 is 1.57 bits per heavy atom. The molecule has 0 bridgehead atoms. The Labute approximate surface area is 89.6 Å². The van der Waals surface area contributed by atoms with Crippen LogP contribution in [0.3, 0.4) is 0 Å². The zero-order valence-corrected chi connectivity index (χ0v) is 9.48. The highest BCUT2D eigenvalue weighted by Crippen LogP contribution is 2.27. The van der Waals surface area contributed by atoms with Crippen LogP contribution in [-0.4, -0.2) is 35.2 Å². The third-order valence-electron chi connectivity index (χ3n) is 2.72. The van der Waals surface area contributed by atoms with Gasteiger partial charge in [-0.1, -0.05) is 0 Å². The lowest BCUT2D eigenvalue weighted by molar-refractivity contribution is -0.137. The maximum Gasteiger partial charge on any atom is 0.303 e. The minimum Gasteiger partial charge on any atom is -0.481 e. The molecule has 0 aliphatic heterocycles. The molecule has 0 amide bonds. The summed E-state index contributed by atoms with van der Waals surface area (Å²) in [6.45, 7) is 0.845. The minimum atomic E-state index is -0.694. The van der Waals surface area contributed by atoms with Crippen LogP contribution in [0, 0.1) is 0 Å². The zero-order chi connectivity index (χ0) is 10.4. The molecule has 0 aromatic carbocycles. The van der Waals surface area contributed by atoms with Crippen LogP contribution in [0.15, 0.2) is 0 Å². The summed E-state index contributed by atoms with van der Waals surface area (Å²) >= 11 is 1.95. The number of nitrogens with one attached hydrogen (secondary N) is 1. The number of hydrogen-bond donors (Lipinski definition) is 2. The van der Waals surface area contributed by atoms with Crippen molar-refractivity contribution in [1.29, 1.82) is 0 Å². The summed E-state index contributed by atoms with van der Waals surface area (Å²) in [5, 5.41) is 12.7. The van der Waals surface area contributed by atoms with Crippen LogP contribution in [-0.2, 0) is 4.79 Å². The van der Waals surface area contributed by atoms with E-state index in [0.29, 0.717) is 6.04 Å². The van der Waals surface area contributed by atoms with Gasteiger partial charge in [-0.25, -0.2) is 0 Å². The quantitative estimate of drug-likeness (QED) is 0.665. The van der Waals surface area contributed by atoms with Crippen LogP contribution in [0.1, 0.15) is 32.1 Å². The maximum atomic E-state index is 10.3. The molecular weight excluding hydrogens is 198 g/mol. The molecule has 0 spiro atoms. The van der Waals surface area contributed by atoms with Crippen molar-refractivity contribution >= 4 is 17.7 Å². The molecule has 14 heavy (non-hydrogen) atoms. The lowest BCUT2D eigenvalue weighted by atomic mass is 10.2. The van der Waals surface area contributed by atoms with Gasteiger partial charge in [0, 0.05) is 17.7 Å². The molecule has 2 atom stereocenters. The molecule has 0 aromatic heterocycles. The SMILES string of the molecule is CSC1CCC(NCCCC(=O)O)C1. The van der Waals surface area contributed by atoms with E-state index < -0.39 is 5.97 Å². The van der Waals surface area contributed by atoms with Gasteiger partial charge >= 0.3 is 5.97 Å². The summed E-state index contributed by atoms with van der Waals surface area (Å²) in [4.78, 5) is 10.3. The van der Waals surface area contributed by atoms with E-state index in [1.807, 2.05) is 11.8 Å². The number of thioether (sulfide) groups is 1. The van der Waals surface area contributed by atoms with Crippen molar-refractivity contribution in [1.82, 2.24) is 5.32 Å². The van der Waals surface area contributed by atoms with Gasteiger partial charge in [-0.3, -0.25) is 4.79 Å². The highest BCUT2D eigenvalue weighted by molar-refractivity contribution is 7.99. The first-order valence-corrected chi connectivity index (χ1v) is 6.49. The number of aliphatic carboxylic acids is 1. The Balaban J connectivity index is 2.00. The monoisotopic (exact) mass is 217 g/mol. The van der Waals surface area contributed by atoms with Crippen LogP contribution in [0.25, 0.3) is 0 Å². The highest BCUT2D eigenvalue weighted by atomic mass is 32.2. The highest BCUT2D eigenvalue weighted by Gasteiger charge is 2.22. The number of rotatable bonds is 6. The van der Waals surface area contributed by atoms with Crippen LogP contribution in [0.4, 0.5) is 0 Å². The zero-order valence-electron chi connectivity index (χ0n) is 8.66. The predicted molar refractivity (Wildman–Crippen MR) is 59.8 cm³/mol. The summed E-state index contributed by atoms with van der Waals surface area (Å²) in [5.74, 6) is -0.694. The number of carbonyl (C=O) groups is 1. The van der Waals surface area contributed by atoms with E-state index in [1.54, 1.807) is 0 Å². The smallest absolute Gasteiger partial charge is 0.303 e. The van der Waals surface area contributed by atoms with Crippen molar-refractivity contribution in [3.63, 3.8) is 0 Å². The molecular formula is C10H19NO2S. The molecule has 0 aromatic rings. The van der Waals surface area contributed by atoms with E-state index in [-0.39, 0.29) is 6.42 Å². The third-order valence-corrected chi connectivity index (χ3v) is 3.81. The van der Waals surface area contributed by atoms with Crippen molar-refractivity contribution in [3.8, 4) is 0 Å². The molecule has 3 nitrogen and oxygen atoms in total. The van der Waals surface area contributed by atoms with Gasteiger partial charge < -0.3 is 10.4 Å². The van der Waals surface area contributed by atoms with Gasteiger partial charge in [0.25, 0.3) is 0 Å². The van der Waals surface area contributed by atoms with Gasteiger partial charge in [0.15, 0.2) is 0 Å². The second-order valence-electron chi connectivity index (χ2n) is 3.82. The molecule has 0 saturated heterocycles. The Hall–Kier alpha value is -0.220. The molecule has 1 saturated carbocycles. The first kappa shape index (κ1) is 11.9. The van der Waals surface area contributed by atoms with Gasteiger partial charge in [0.2, 0.25) is 0 Å². The average Bonchev–Trinajstić information content (AvgIpc) is 2.60. The van der Waals surface area contributed by atoms with E-state index in [0.717, 1.165) is 18.2 Å². The summed E-state index contributed by atoms with van der Waals surface area (Å²) < 4.78 is 0. The first-order chi connectivity index (χ1) is 6.72. The fourth-order valence-corrected chi connectivity index (χ4v) is 2.68. The lowest BCUT2D eigenvalue weighted by Gasteiger charge is -2.11. The Kier molecular flexibility index (Phi) is 5.33. The van der Waals surface area contributed by atoms with Crippen LogP contribution < -0.4 is 5.32 Å². The molecule has 1 rings (SSSR count). The summed E-state index contributed by atoms with van der Waals surface area (Å²) in [5.41, 5.74) is 0. The fraction of sp³-hybridized carbons (Fsp3) is 0.900. The molecule has 4 heteroatoms. The van der Waals surface area contributed by atoms with Gasteiger partial charge in [-0.2, -0.15) is 11.8 Å². The number of hydrogen-bond acceptors (Lipinski definition) is 3. The predicted octanol–water partition coefficient (Wildman–Crippen LogP) is 1.72. The van der Waals surface area contributed by atoms with Crippen molar-refractivity contribution in [2.75, 3.05) is 12.8 Å². The molecule has 0 radical (unpaired) electrons. The van der Waals surface area contributed by atoms with Crippen molar-refractivity contribution < 1.29 is 9.90 Å². The second kappa shape index (κ2) is 6.30. The Morgan fingerprint density at radius 3 is 2.93 bits per heavy atom. The molecule has 2 N–H and O–H groups in total. The topological polar surface area (TPSA) is 49.3 Å². The van der Waals surface area contributed by atoms with E-state index in [2.05, 4.69) is 11.6 Å². The van der Waals surface area contributed by atoms with E-state index in [1.165, 1.54) is 19.3 Å². The summed E-state index contributed by atoms with van der Waals surface area (Å²) in [7, 11) is 0. The second-order valence-corrected chi connectivity index (χ2v) is 4.96. The number of carboxylic acids is 1. The molecule has 2 unspecified atom stereocenters. The molecule has 1 fully saturated rings. The molecule has 82 valence electrons. The lowest BCUT2D eigenvalue weighted by Crippen LogP contribution is -2.27.